The molecule has 148 valence electrons. The predicted molar refractivity (Wildman–Crippen MR) is 103 cm³/mol. The highest BCUT2D eigenvalue weighted by Gasteiger charge is 2.26. The first-order valence-electron chi connectivity index (χ1n) is 8.51. The molecule has 0 aromatic heterocycles. The zero-order valence-corrected chi connectivity index (χ0v) is 17.0. The van der Waals surface area contributed by atoms with Crippen LogP contribution >= 0.6 is 11.6 Å². The molecule has 0 radical (unpaired) electrons. The topological polar surface area (TPSA) is 92.8 Å². The van der Waals surface area contributed by atoms with Gasteiger partial charge in [0.05, 0.1) is 10.9 Å². The van der Waals surface area contributed by atoms with E-state index in [0.29, 0.717) is 12.8 Å². The molecule has 27 heavy (non-hydrogen) atoms. The van der Waals surface area contributed by atoms with E-state index in [-0.39, 0.29) is 21.5 Å². The maximum absolute atomic E-state index is 12.3. The first kappa shape index (κ1) is 21.4. The van der Waals surface area contributed by atoms with Crippen molar-refractivity contribution < 1.29 is 22.7 Å². The minimum absolute atomic E-state index is 0.0477. The molecule has 0 bridgehead atoms. The van der Waals surface area contributed by atoms with Gasteiger partial charge in [0.15, 0.2) is 6.10 Å². The summed E-state index contributed by atoms with van der Waals surface area (Å²) in [6.45, 7) is 1.47. The van der Waals surface area contributed by atoms with Crippen LogP contribution in [-0.4, -0.2) is 44.8 Å². The van der Waals surface area contributed by atoms with Crippen LogP contribution in [0.5, 0.6) is 0 Å². The Morgan fingerprint density at radius 1 is 1.30 bits per heavy atom. The fourth-order valence-electron chi connectivity index (χ4n) is 2.55. The van der Waals surface area contributed by atoms with Crippen LogP contribution in [0.4, 0.5) is 5.69 Å². The molecule has 7 nitrogen and oxygen atoms in total. The average molecular weight is 415 g/mol. The molecule has 0 heterocycles. The standard InChI is InChI=1S/C18H23ClN2O5S/c1-12(26-18(23)13-7-5-4-6-8-13)17(22)20-14-9-10-15(19)16(11-14)27(24,25)21(2)3/h4-5,9-13H,6-8H2,1-3H3,(H,20,22)/t12-,13-/m1/s1. The van der Waals surface area contributed by atoms with Crippen LogP contribution in [0.1, 0.15) is 26.2 Å². The third kappa shape index (κ3) is 5.31. The normalized spacial score (nSPS) is 18.2. The van der Waals surface area contributed by atoms with Crippen molar-refractivity contribution in [2.75, 3.05) is 19.4 Å². The molecule has 0 aliphatic heterocycles. The van der Waals surface area contributed by atoms with Crippen molar-refractivity contribution >= 4 is 39.2 Å². The lowest BCUT2D eigenvalue weighted by molar-refractivity contribution is -0.157. The number of halogens is 1. The number of carbonyl (C=O) groups excluding carboxylic acids is 2. The maximum Gasteiger partial charge on any atom is 0.310 e. The van der Waals surface area contributed by atoms with Gasteiger partial charge in [0.25, 0.3) is 5.91 Å². The van der Waals surface area contributed by atoms with E-state index in [2.05, 4.69) is 5.32 Å². The van der Waals surface area contributed by atoms with E-state index < -0.39 is 28.0 Å². The van der Waals surface area contributed by atoms with Gasteiger partial charge < -0.3 is 10.1 Å². The third-order valence-electron chi connectivity index (χ3n) is 4.22. The highest BCUT2D eigenvalue weighted by Crippen LogP contribution is 2.27. The second-order valence-corrected chi connectivity index (χ2v) is 9.01. The molecule has 1 aromatic rings. The molecule has 1 amide bonds. The van der Waals surface area contributed by atoms with E-state index in [1.54, 1.807) is 0 Å². The number of nitrogens with one attached hydrogen (secondary N) is 1. The van der Waals surface area contributed by atoms with Crippen molar-refractivity contribution in [1.29, 1.82) is 0 Å². The van der Waals surface area contributed by atoms with Crippen molar-refractivity contribution in [1.82, 2.24) is 4.31 Å². The second-order valence-electron chi connectivity index (χ2n) is 6.48. The molecule has 0 saturated heterocycles. The Kier molecular flexibility index (Phi) is 7.02. The van der Waals surface area contributed by atoms with Crippen LogP contribution < -0.4 is 5.32 Å². The number of hydrogen-bond donors (Lipinski definition) is 1. The Balaban J connectivity index is 2.06. The van der Waals surface area contributed by atoms with E-state index in [1.807, 2.05) is 12.2 Å². The van der Waals surface area contributed by atoms with Gasteiger partial charge in [0.1, 0.15) is 4.90 Å². The molecule has 1 aliphatic rings. The molecule has 1 aliphatic carbocycles. The van der Waals surface area contributed by atoms with Gasteiger partial charge in [-0.25, -0.2) is 12.7 Å². The van der Waals surface area contributed by atoms with Gasteiger partial charge in [-0.05, 0) is 44.4 Å². The molecule has 2 rings (SSSR count). The lowest BCUT2D eigenvalue weighted by Gasteiger charge is -2.20. The van der Waals surface area contributed by atoms with Gasteiger partial charge in [-0.15, -0.1) is 0 Å². The van der Waals surface area contributed by atoms with Crippen LogP contribution in [0.3, 0.4) is 0 Å². The number of rotatable bonds is 6. The number of ether oxygens (including phenoxy) is 1. The van der Waals surface area contributed by atoms with Crippen LogP contribution in [0.2, 0.25) is 5.02 Å². The Labute approximate surface area is 164 Å². The first-order valence-corrected chi connectivity index (χ1v) is 10.3. The summed E-state index contributed by atoms with van der Waals surface area (Å²) in [5.41, 5.74) is 0.244. The lowest BCUT2D eigenvalue weighted by atomic mass is 9.95. The largest absolute Gasteiger partial charge is 0.452 e. The number of benzene rings is 1. The summed E-state index contributed by atoms with van der Waals surface area (Å²) in [4.78, 5) is 24.3. The van der Waals surface area contributed by atoms with E-state index >= 15 is 0 Å². The molecule has 0 unspecified atom stereocenters. The maximum atomic E-state index is 12.3. The zero-order valence-electron chi connectivity index (χ0n) is 15.4. The van der Waals surface area contributed by atoms with Crippen LogP contribution in [0.15, 0.2) is 35.2 Å². The van der Waals surface area contributed by atoms with Crippen molar-refractivity contribution in [2.24, 2.45) is 5.92 Å². The number of carbonyl (C=O) groups is 2. The Hall–Kier alpha value is -1.90. The van der Waals surface area contributed by atoms with E-state index in [9.17, 15) is 18.0 Å². The third-order valence-corrected chi connectivity index (χ3v) is 6.52. The first-order chi connectivity index (χ1) is 12.6. The monoisotopic (exact) mass is 414 g/mol. The van der Waals surface area contributed by atoms with Crippen molar-refractivity contribution in [2.45, 2.75) is 37.2 Å². The van der Waals surface area contributed by atoms with Gasteiger partial charge in [0, 0.05) is 19.8 Å². The second kappa shape index (κ2) is 8.86. The average Bonchev–Trinajstić information content (AvgIpc) is 2.63. The molecule has 0 saturated carbocycles. The molecule has 9 heteroatoms. The molecule has 2 atom stereocenters. The number of nitrogens with zero attached hydrogens (tertiary/aromatic N) is 1. The van der Waals surface area contributed by atoms with Crippen molar-refractivity contribution in [3.8, 4) is 0 Å². The SMILES string of the molecule is C[C@@H](OC(=O)[C@@H]1CC=CCC1)C(=O)Nc1ccc(Cl)c(S(=O)(=O)N(C)C)c1. The van der Waals surface area contributed by atoms with E-state index in [4.69, 9.17) is 16.3 Å². The highest BCUT2D eigenvalue weighted by molar-refractivity contribution is 7.89. The molecule has 0 fully saturated rings. The minimum Gasteiger partial charge on any atom is -0.452 e. The van der Waals surface area contributed by atoms with Crippen molar-refractivity contribution in [3.05, 3.63) is 35.4 Å². The molecule has 0 spiro atoms. The molecule has 1 aromatic carbocycles. The molecule has 1 N–H and O–H groups in total. The number of hydrogen-bond acceptors (Lipinski definition) is 5. The number of esters is 1. The van der Waals surface area contributed by atoms with Crippen molar-refractivity contribution in [3.63, 3.8) is 0 Å². The number of anilines is 1. The molecular weight excluding hydrogens is 392 g/mol. The van der Waals surface area contributed by atoms with E-state index in [1.165, 1.54) is 39.2 Å². The van der Waals surface area contributed by atoms with Gasteiger partial charge >= 0.3 is 5.97 Å². The number of allylic oxidation sites excluding steroid dienone is 2. The van der Waals surface area contributed by atoms with Gasteiger partial charge in [-0.2, -0.15) is 0 Å². The summed E-state index contributed by atoms with van der Waals surface area (Å²) in [5, 5.41) is 2.60. The summed E-state index contributed by atoms with van der Waals surface area (Å²) in [5.74, 6) is -1.20. The number of sulfonamides is 1. The highest BCUT2D eigenvalue weighted by atomic mass is 35.5. The van der Waals surface area contributed by atoms with E-state index in [0.717, 1.165) is 10.7 Å². The Morgan fingerprint density at radius 3 is 2.59 bits per heavy atom. The van der Waals surface area contributed by atoms with Gasteiger partial charge in [-0.3, -0.25) is 9.59 Å². The van der Waals surface area contributed by atoms with Gasteiger partial charge in [-0.1, -0.05) is 23.8 Å². The van der Waals surface area contributed by atoms with Gasteiger partial charge in [0.2, 0.25) is 10.0 Å². The summed E-state index contributed by atoms with van der Waals surface area (Å²) in [6, 6.07) is 4.14. The predicted octanol–water partition coefficient (Wildman–Crippen LogP) is 2.82. The van der Waals surface area contributed by atoms with Crippen LogP contribution in [-0.2, 0) is 24.3 Å². The number of amides is 1. The summed E-state index contributed by atoms with van der Waals surface area (Å²) >= 11 is 5.99. The van der Waals surface area contributed by atoms with Crippen LogP contribution in [0.25, 0.3) is 0 Å². The Bertz CT molecular complexity index is 851. The fourth-order valence-corrected chi connectivity index (χ4v) is 3.94. The molecular formula is C18H23ClN2O5S. The summed E-state index contributed by atoms with van der Waals surface area (Å²) in [6.07, 6.45) is 5.06. The van der Waals surface area contributed by atoms with Crippen LogP contribution in [0, 0.1) is 5.92 Å². The quantitative estimate of drug-likeness (QED) is 0.570. The summed E-state index contributed by atoms with van der Waals surface area (Å²) in [7, 11) is -0.986. The minimum atomic E-state index is -3.76. The Morgan fingerprint density at radius 2 is 2.00 bits per heavy atom. The summed E-state index contributed by atoms with van der Waals surface area (Å²) < 4.78 is 30.9. The fraction of sp³-hybridized carbons (Fsp3) is 0.444. The lowest BCUT2D eigenvalue weighted by Crippen LogP contribution is -2.32. The smallest absolute Gasteiger partial charge is 0.310 e. The zero-order chi connectivity index (χ0) is 20.2.